The first-order valence-electron chi connectivity index (χ1n) is 8.68. The Balaban J connectivity index is 1.76. The van der Waals surface area contributed by atoms with Gasteiger partial charge in [-0.3, -0.25) is 13.9 Å². The van der Waals surface area contributed by atoms with Gasteiger partial charge >= 0.3 is 11.8 Å². The van der Waals surface area contributed by atoms with Crippen LogP contribution in [0.5, 0.6) is 5.75 Å². The summed E-state index contributed by atoms with van der Waals surface area (Å²) in [5.74, 6) is -1.19. The Hall–Kier alpha value is -3.07. The van der Waals surface area contributed by atoms with Crippen LogP contribution in [-0.2, 0) is 19.6 Å². The lowest BCUT2D eigenvalue weighted by molar-refractivity contribution is -0.133. The molecule has 0 bridgehead atoms. The Morgan fingerprint density at radius 3 is 2.36 bits per heavy atom. The SMILES string of the molecule is COc1ccccc1NC(=O)C(=O)Nc1cc(N2CCCS2(=O)=O)ccc1C. The van der Waals surface area contributed by atoms with Crippen molar-refractivity contribution in [2.75, 3.05) is 34.3 Å². The number of para-hydroxylation sites is 2. The van der Waals surface area contributed by atoms with Crippen LogP contribution >= 0.6 is 0 Å². The standard InChI is InChI=1S/C19H21N3O5S/c1-13-8-9-14(22-10-5-11-28(22,25)26)12-16(13)21-19(24)18(23)20-15-6-3-4-7-17(15)27-2/h3-4,6-9,12H,5,10-11H2,1-2H3,(H,20,23)(H,21,24). The summed E-state index contributed by atoms with van der Waals surface area (Å²) in [5, 5.41) is 5.05. The summed E-state index contributed by atoms with van der Waals surface area (Å²) in [6.07, 6.45) is 0.555. The van der Waals surface area contributed by atoms with E-state index in [-0.39, 0.29) is 5.75 Å². The first-order chi connectivity index (χ1) is 13.3. The first kappa shape index (κ1) is 19.7. The van der Waals surface area contributed by atoms with Crippen molar-refractivity contribution in [2.24, 2.45) is 0 Å². The maximum atomic E-state index is 12.3. The predicted octanol–water partition coefficient (Wildman–Crippen LogP) is 2.12. The van der Waals surface area contributed by atoms with Crippen molar-refractivity contribution in [3.63, 3.8) is 0 Å². The molecular weight excluding hydrogens is 382 g/mol. The smallest absolute Gasteiger partial charge is 0.314 e. The van der Waals surface area contributed by atoms with E-state index >= 15 is 0 Å². The zero-order valence-corrected chi connectivity index (χ0v) is 16.4. The quantitative estimate of drug-likeness (QED) is 0.761. The molecule has 1 heterocycles. The van der Waals surface area contributed by atoms with E-state index in [9.17, 15) is 18.0 Å². The lowest BCUT2D eigenvalue weighted by Gasteiger charge is -2.19. The highest BCUT2D eigenvalue weighted by atomic mass is 32.2. The number of hydrogen-bond acceptors (Lipinski definition) is 5. The number of carbonyl (C=O) groups excluding carboxylic acids is 2. The van der Waals surface area contributed by atoms with E-state index in [1.165, 1.54) is 11.4 Å². The summed E-state index contributed by atoms with van der Waals surface area (Å²) in [4.78, 5) is 24.6. The molecule has 8 nitrogen and oxygen atoms in total. The summed E-state index contributed by atoms with van der Waals surface area (Å²) in [6.45, 7) is 2.16. The minimum atomic E-state index is -3.34. The third-order valence-corrected chi connectivity index (χ3v) is 6.29. The number of amides is 2. The summed E-state index contributed by atoms with van der Waals surface area (Å²) in [6, 6.07) is 11.7. The largest absolute Gasteiger partial charge is 0.495 e. The van der Waals surface area contributed by atoms with Gasteiger partial charge in [-0.25, -0.2) is 8.42 Å². The van der Waals surface area contributed by atoms with Crippen molar-refractivity contribution in [1.29, 1.82) is 0 Å². The molecule has 28 heavy (non-hydrogen) atoms. The van der Waals surface area contributed by atoms with Crippen LogP contribution in [0.3, 0.4) is 0 Å². The topological polar surface area (TPSA) is 105 Å². The van der Waals surface area contributed by atoms with E-state index in [2.05, 4.69) is 10.6 Å². The molecule has 2 N–H and O–H groups in total. The average molecular weight is 403 g/mol. The number of ether oxygens (including phenoxy) is 1. The van der Waals surface area contributed by atoms with Crippen LogP contribution in [0.4, 0.5) is 17.1 Å². The van der Waals surface area contributed by atoms with Gasteiger partial charge in [-0.05, 0) is 43.2 Å². The number of hydrogen-bond donors (Lipinski definition) is 2. The Labute approximate surface area is 163 Å². The van der Waals surface area contributed by atoms with Gasteiger partial charge in [0.1, 0.15) is 5.75 Å². The second-order valence-corrected chi connectivity index (χ2v) is 8.36. The number of methoxy groups -OCH3 is 1. The van der Waals surface area contributed by atoms with Crippen molar-refractivity contribution in [3.05, 3.63) is 48.0 Å². The molecule has 9 heteroatoms. The zero-order valence-electron chi connectivity index (χ0n) is 15.6. The lowest BCUT2D eigenvalue weighted by Crippen LogP contribution is -2.30. The molecule has 0 aromatic heterocycles. The molecule has 2 aromatic carbocycles. The number of benzene rings is 2. The van der Waals surface area contributed by atoms with Gasteiger partial charge in [0.05, 0.1) is 24.2 Å². The predicted molar refractivity (Wildman–Crippen MR) is 107 cm³/mol. The van der Waals surface area contributed by atoms with Gasteiger partial charge < -0.3 is 15.4 Å². The fraction of sp³-hybridized carbons (Fsp3) is 0.263. The van der Waals surface area contributed by atoms with Crippen molar-refractivity contribution in [1.82, 2.24) is 0 Å². The van der Waals surface area contributed by atoms with Gasteiger partial charge in [-0.2, -0.15) is 0 Å². The third kappa shape index (κ3) is 4.09. The van der Waals surface area contributed by atoms with Crippen molar-refractivity contribution in [2.45, 2.75) is 13.3 Å². The number of rotatable bonds is 4. The van der Waals surface area contributed by atoms with Crippen molar-refractivity contribution < 1.29 is 22.7 Å². The number of carbonyl (C=O) groups is 2. The molecule has 0 saturated carbocycles. The number of anilines is 3. The van der Waals surface area contributed by atoms with Crippen molar-refractivity contribution >= 4 is 38.9 Å². The minimum absolute atomic E-state index is 0.101. The van der Waals surface area contributed by atoms with Crippen LogP contribution in [0.2, 0.25) is 0 Å². The zero-order chi connectivity index (χ0) is 20.3. The maximum Gasteiger partial charge on any atom is 0.314 e. The molecule has 0 aliphatic carbocycles. The van der Waals surface area contributed by atoms with Crippen LogP contribution < -0.4 is 19.7 Å². The molecule has 2 aromatic rings. The number of nitrogens with one attached hydrogen (secondary N) is 2. The Morgan fingerprint density at radius 1 is 1.04 bits per heavy atom. The fourth-order valence-electron chi connectivity index (χ4n) is 2.94. The number of nitrogens with zero attached hydrogens (tertiary/aromatic N) is 1. The van der Waals surface area contributed by atoms with Gasteiger partial charge in [0.15, 0.2) is 0 Å². The van der Waals surface area contributed by atoms with E-state index in [1.54, 1.807) is 49.4 Å². The Kier molecular flexibility index (Phi) is 5.55. The molecule has 1 aliphatic heterocycles. The average Bonchev–Trinajstić information content (AvgIpc) is 3.03. The van der Waals surface area contributed by atoms with Crippen LogP contribution in [0.1, 0.15) is 12.0 Å². The third-order valence-electron chi connectivity index (χ3n) is 4.42. The molecule has 0 unspecified atom stereocenters. The van der Waals surface area contributed by atoms with Crippen LogP contribution in [0, 0.1) is 6.92 Å². The highest BCUT2D eigenvalue weighted by Crippen LogP contribution is 2.29. The summed E-state index contributed by atoms with van der Waals surface area (Å²) < 4.78 is 30.7. The van der Waals surface area contributed by atoms with E-state index in [4.69, 9.17) is 4.74 Å². The summed E-state index contributed by atoms with van der Waals surface area (Å²) in [5.41, 5.74) is 1.92. The Morgan fingerprint density at radius 2 is 1.71 bits per heavy atom. The molecule has 1 fully saturated rings. The van der Waals surface area contributed by atoms with Crippen molar-refractivity contribution in [3.8, 4) is 5.75 Å². The minimum Gasteiger partial charge on any atom is -0.495 e. The maximum absolute atomic E-state index is 12.3. The van der Waals surface area contributed by atoms with Gasteiger partial charge in [0, 0.05) is 12.2 Å². The van der Waals surface area contributed by atoms with Gasteiger partial charge in [-0.1, -0.05) is 18.2 Å². The monoisotopic (exact) mass is 403 g/mol. The normalized spacial score (nSPS) is 15.1. The highest BCUT2D eigenvalue weighted by molar-refractivity contribution is 7.93. The van der Waals surface area contributed by atoms with E-state index < -0.39 is 21.8 Å². The van der Waals surface area contributed by atoms with Gasteiger partial charge in [0.25, 0.3) is 0 Å². The van der Waals surface area contributed by atoms with Gasteiger partial charge in [0.2, 0.25) is 10.0 Å². The molecule has 148 valence electrons. The molecule has 1 aliphatic rings. The molecule has 1 saturated heterocycles. The fourth-order valence-corrected chi connectivity index (χ4v) is 4.49. The first-order valence-corrected chi connectivity index (χ1v) is 10.3. The van der Waals surface area contributed by atoms with Crippen LogP contribution in [-0.4, -0.2) is 39.6 Å². The molecule has 2 amide bonds. The van der Waals surface area contributed by atoms with Crippen LogP contribution in [0.15, 0.2) is 42.5 Å². The molecular formula is C19H21N3O5S. The number of sulfonamides is 1. The lowest BCUT2D eigenvalue weighted by atomic mass is 10.1. The second kappa shape index (κ2) is 7.89. The Bertz CT molecular complexity index is 1020. The molecule has 0 spiro atoms. The highest BCUT2D eigenvalue weighted by Gasteiger charge is 2.29. The summed E-state index contributed by atoms with van der Waals surface area (Å²) >= 11 is 0. The second-order valence-electron chi connectivity index (χ2n) is 6.35. The summed E-state index contributed by atoms with van der Waals surface area (Å²) in [7, 11) is -1.87. The molecule has 3 rings (SSSR count). The number of aryl methyl sites for hydroxylation is 1. The van der Waals surface area contributed by atoms with E-state index in [1.807, 2.05) is 0 Å². The molecule has 0 radical (unpaired) electrons. The van der Waals surface area contributed by atoms with E-state index in [0.717, 1.165) is 0 Å². The van der Waals surface area contributed by atoms with Crippen LogP contribution in [0.25, 0.3) is 0 Å². The van der Waals surface area contributed by atoms with E-state index in [0.29, 0.717) is 41.3 Å². The van der Waals surface area contributed by atoms with Gasteiger partial charge in [-0.15, -0.1) is 0 Å². The molecule has 0 atom stereocenters.